The first-order valence-electron chi connectivity index (χ1n) is 10.9. The van der Waals surface area contributed by atoms with E-state index in [0.29, 0.717) is 11.8 Å². The maximum Gasteiger partial charge on any atom is 4.00 e. The molecule has 0 aliphatic heterocycles. The molecule has 31 heavy (non-hydrogen) atoms. The van der Waals surface area contributed by atoms with E-state index in [-0.39, 0.29) is 51.0 Å². The average molecular weight is 533 g/mol. The van der Waals surface area contributed by atoms with Crippen LogP contribution in [0.1, 0.15) is 76.3 Å². The molecule has 0 aliphatic rings. The van der Waals surface area contributed by atoms with Crippen molar-refractivity contribution >= 4 is 21.5 Å². The second-order valence-electron chi connectivity index (χ2n) is 8.21. The van der Waals surface area contributed by atoms with E-state index in [1.165, 1.54) is 58.4 Å². The van der Waals surface area contributed by atoms with Gasteiger partial charge in [0.25, 0.3) is 0 Å². The molecule has 4 rings (SSSR count). The Morgan fingerprint density at radius 3 is 1.32 bits per heavy atom. The molecule has 0 amide bonds. The molecule has 0 saturated heterocycles. The Hall–Kier alpha value is -0.877. The van der Waals surface area contributed by atoms with Gasteiger partial charge >= 0.3 is 26.2 Å². The van der Waals surface area contributed by atoms with Gasteiger partial charge in [-0.2, -0.15) is 12.1 Å². The molecular weight excluding hydrogens is 498 g/mol. The van der Waals surface area contributed by atoms with E-state index in [4.69, 9.17) is 0 Å². The summed E-state index contributed by atoms with van der Waals surface area (Å²) in [6.07, 6.45) is 5.11. The SMILES string of the molecule is CCCC(C)c1cc2ccccc2[cH-]1.CCCC(C)c1cc2ccccc2[cH-]1.[Cl-].[Cl-].[Zr+4]. The molecule has 0 aromatic heterocycles. The molecule has 0 nitrogen and oxygen atoms in total. The Morgan fingerprint density at radius 1 is 0.645 bits per heavy atom. The van der Waals surface area contributed by atoms with Crippen molar-refractivity contribution in [2.45, 2.75) is 65.2 Å². The number of rotatable bonds is 6. The summed E-state index contributed by atoms with van der Waals surface area (Å²) in [4.78, 5) is 0. The topological polar surface area (TPSA) is 0 Å². The minimum absolute atomic E-state index is 0. The van der Waals surface area contributed by atoms with E-state index in [9.17, 15) is 0 Å². The smallest absolute Gasteiger partial charge is 1.00 e. The van der Waals surface area contributed by atoms with Gasteiger partial charge in [0.15, 0.2) is 0 Å². The van der Waals surface area contributed by atoms with Crippen LogP contribution >= 0.6 is 0 Å². The maximum atomic E-state index is 2.33. The van der Waals surface area contributed by atoms with Gasteiger partial charge in [-0.25, -0.2) is 0 Å². The second-order valence-corrected chi connectivity index (χ2v) is 8.21. The predicted molar refractivity (Wildman–Crippen MR) is 126 cm³/mol. The maximum absolute atomic E-state index is 2.33. The average Bonchev–Trinajstić information content (AvgIpc) is 3.33. The first-order valence-corrected chi connectivity index (χ1v) is 10.9. The van der Waals surface area contributed by atoms with Crippen LogP contribution in [0.25, 0.3) is 21.5 Å². The minimum atomic E-state index is 0. The fraction of sp³-hybridized carbons (Fsp3) is 0.357. The van der Waals surface area contributed by atoms with Crippen molar-refractivity contribution in [1.82, 2.24) is 0 Å². The van der Waals surface area contributed by atoms with Gasteiger partial charge in [0.2, 0.25) is 0 Å². The molecule has 0 heterocycles. The molecule has 0 radical (unpaired) electrons. The van der Waals surface area contributed by atoms with E-state index in [0.717, 1.165) is 0 Å². The van der Waals surface area contributed by atoms with Crippen LogP contribution in [-0.4, -0.2) is 0 Å². The summed E-state index contributed by atoms with van der Waals surface area (Å²) >= 11 is 0. The minimum Gasteiger partial charge on any atom is -1.00 e. The molecule has 0 spiro atoms. The molecule has 2 atom stereocenters. The van der Waals surface area contributed by atoms with Crippen LogP contribution < -0.4 is 24.8 Å². The van der Waals surface area contributed by atoms with Crippen molar-refractivity contribution in [3.63, 3.8) is 0 Å². The standard InChI is InChI=1S/2C14H17.2ClH.Zr/c2*1-3-6-11(2)14-9-12-7-4-5-8-13(12)10-14;;;/h2*4-5,7-11H,3,6H2,1-2H3;2*1H;/q2*-1;;;+4/p-2. The van der Waals surface area contributed by atoms with Gasteiger partial charge in [-0.05, 0) is 24.7 Å². The fourth-order valence-electron chi connectivity index (χ4n) is 4.12. The zero-order valence-electron chi connectivity index (χ0n) is 19.2. The molecule has 164 valence electrons. The third-order valence-electron chi connectivity index (χ3n) is 5.86. The van der Waals surface area contributed by atoms with Crippen molar-refractivity contribution in [3.8, 4) is 0 Å². The van der Waals surface area contributed by atoms with Crippen LogP contribution in [0.3, 0.4) is 0 Å². The Bertz CT molecular complexity index is 850. The third-order valence-corrected chi connectivity index (χ3v) is 5.86. The van der Waals surface area contributed by atoms with E-state index in [1.54, 1.807) is 0 Å². The van der Waals surface area contributed by atoms with Crippen molar-refractivity contribution in [1.29, 1.82) is 0 Å². The summed E-state index contributed by atoms with van der Waals surface area (Å²) in [6, 6.07) is 26.5. The van der Waals surface area contributed by atoms with Crippen LogP contribution in [-0.2, 0) is 26.2 Å². The number of fused-ring (bicyclic) bond motifs is 2. The molecule has 4 aromatic carbocycles. The molecular formula is C28H34Cl2Zr. The molecule has 3 heteroatoms. The normalized spacial score (nSPS) is 12.0. The Kier molecular flexibility index (Phi) is 14.6. The summed E-state index contributed by atoms with van der Waals surface area (Å²) in [5.41, 5.74) is 2.99. The molecule has 4 aromatic rings. The summed E-state index contributed by atoms with van der Waals surface area (Å²) in [7, 11) is 0. The number of halogens is 2. The van der Waals surface area contributed by atoms with Crippen LogP contribution in [0.2, 0.25) is 0 Å². The van der Waals surface area contributed by atoms with E-state index < -0.39 is 0 Å². The van der Waals surface area contributed by atoms with Crippen molar-refractivity contribution < 1.29 is 51.0 Å². The Balaban J connectivity index is 0.000000529. The monoisotopic (exact) mass is 530 g/mol. The molecule has 0 N–H and O–H groups in total. The summed E-state index contributed by atoms with van der Waals surface area (Å²) in [5, 5.41) is 5.52. The molecule has 2 unspecified atom stereocenters. The van der Waals surface area contributed by atoms with Crippen LogP contribution in [0, 0.1) is 0 Å². The van der Waals surface area contributed by atoms with Gasteiger partial charge in [0, 0.05) is 0 Å². The largest absolute Gasteiger partial charge is 4.00 e. The van der Waals surface area contributed by atoms with Gasteiger partial charge in [-0.15, -0.1) is 81.2 Å². The van der Waals surface area contributed by atoms with Crippen molar-refractivity contribution in [2.75, 3.05) is 0 Å². The molecule has 0 aliphatic carbocycles. The number of hydrogen-bond acceptors (Lipinski definition) is 0. The van der Waals surface area contributed by atoms with Crippen LogP contribution in [0.15, 0.2) is 72.8 Å². The first-order chi connectivity index (χ1) is 13.6. The number of hydrogen-bond donors (Lipinski definition) is 0. The van der Waals surface area contributed by atoms with Gasteiger partial charge in [0.05, 0.1) is 0 Å². The van der Waals surface area contributed by atoms with Gasteiger partial charge in [0.1, 0.15) is 0 Å². The van der Waals surface area contributed by atoms with Gasteiger partial charge in [-0.3, -0.25) is 0 Å². The first kappa shape index (κ1) is 30.1. The van der Waals surface area contributed by atoms with Crippen LogP contribution in [0.4, 0.5) is 0 Å². The van der Waals surface area contributed by atoms with Crippen LogP contribution in [0.5, 0.6) is 0 Å². The zero-order chi connectivity index (χ0) is 19.9. The van der Waals surface area contributed by atoms with Crippen molar-refractivity contribution in [3.05, 3.63) is 83.9 Å². The Morgan fingerprint density at radius 2 is 1.00 bits per heavy atom. The number of benzene rings is 2. The van der Waals surface area contributed by atoms with Crippen molar-refractivity contribution in [2.24, 2.45) is 0 Å². The summed E-state index contributed by atoms with van der Waals surface area (Å²) in [6.45, 7) is 9.13. The zero-order valence-corrected chi connectivity index (χ0v) is 23.1. The molecule has 0 saturated carbocycles. The van der Waals surface area contributed by atoms with E-state index in [2.05, 4.69) is 100 Å². The predicted octanol–water partition coefficient (Wildman–Crippen LogP) is 2.93. The van der Waals surface area contributed by atoms with E-state index >= 15 is 0 Å². The third kappa shape index (κ3) is 8.20. The van der Waals surface area contributed by atoms with Gasteiger partial charge in [-0.1, -0.05) is 52.7 Å². The summed E-state index contributed by atoms with van der Waals surface area (Å²) in [5.74, 6) is 1.40. The van der Waals surface area contributed by atoms with E-state index in [1.807, 2.05) is 0 Å². The fourth-order valence-corrected chi connectivity index (χ4v) is 4.12. The Labute approximate surface area is 220 Å². The second kappa shape index (κ2) is 15.0. The summed E-state index contributed by atoms with van der Waals surface area (Å²) < 4.78 is 0. The van der Waals surface area contributed by atoms with Gasteiger partial charge < -0.3 is 24.8 Å². The quantitative estimate of drug-likeness (QED) is 0.335. The molecule has 0 fully saturated rings. The molecule has 0 bridgehead atoms.